The van der Waals surface area contributed by atoms with Gasteiger partial charge in [0.25, 0.3) is 0 Å². The van der Waals surface area contributed by atoms with E-state index < -0.39 is 37.3 Å². The van der Waals surface area contributed by atoms with Crippen LogP contribution in [0.25, 0.3) is 0 Å². The maximum absolute atomic E-state index is 11.9. The van der Waals surface area contributed by atoms with Crippen LogP contribution in [0, 0.1) is 0 Å². The average molecular weight is 656 g/mol. The van der Waals surface area contributed by atoms with E-state index in [2.05, 4.69) is 16.0 Å². The van der Waals surface area contributed by atoms with Crippen molar-refractivity contribution in [3.63, 3.8) is 0 Å². The molecule has 2 heterocycles. The first kappa shape index (κ1) is 38.0. The normalized spacial score (nSPS) is 25.4. The molecule has 0 bridgehead atoms. The van der Waals surface area contributed by atoms with Crippen molar-refractivity contribution in [2.75, 3.05) is 65.0 Å². The highest BCUT2D eigenvalue weighted by Gasteiger charge is 2.43. The van der Waals surface area contributed by atoms with E-state index in [9.17, 15) is 34.8 Å². The van der Waals surface area contributed by atoms with E-state index in [-0.39, 0.29) is 43.7 Å². The molecule has 0 spiro atoms. The highest BCUT2D eigenvalue weighted by molar-refractivity contribution is 8.77. The topological polar surface area (TPSA) is 205 Å². The van der Waals surface area contributed by atoms with Gasteiger partial charge in [-0.05, 0) is 25.7 Å². The number of carbonyl (C=O) groups is 3. The quantitative estimate of drug-likeness (QED) is 0.0526. The Kier molecular flexibility index (Phi) is 20.5. The standard InChI is InChI=1S/C27H49N3O11S2/c31-18-20-24(35)25(36)26(37)27(41-20)40-12-3-9-28-22(33)6-7-23(34)30-11-14-39-16-15-38-13-10-29-21(32)5-2-1-4-19-8-17-42-43-19/h19-20,24-27,31,35-37H,1-18H2,(H,28,33)(H,29,32)(H,30,34)/t19?,20-,24+,25+,26-,27-/m1/s1. The van der Waals surface area contributed by atoms with Crippen molar-refractivity contribution in [1.82, 2.24) is 16.0 Å². The molecular formula is C27H49N3O11S2. The summed E-state index contributed by atoms with van der Waals surface area (Å²) in [6, 6.07) is 0. The monoisotopic (exact) mass is 655 g/mol. The maximum Gasteiger partial charge on any atom is 0.220 e. The third-order valence-corrected chi connectivity index (χ3v) is 9.78. The van der Waals surface area contributed by atoms with Crippen molar-refractivity contribution in [2.24, 2.45) is 0 Å². The molecular weight excluding hydrogens is 606 g/mol. The average Bonchev–Trinajstić information content (AvgIpc) is 3.52. The van der Waals surface area contributed by atoms with Gasteiger partial charge >= 0.3 is 0 Å². The molecule has 16 heteroatoms. The lowest BCUT2D eigenvalue weighted by molar-refractivity contribution is -0.301. The van der Waals surface area contributed by atoms with Gasteiger partial charge in [-0.2, -0.15) is 0 Å². The lowest BCUT2D eigenvalue weighted by Crippen LogP contribution is -2.59. The van der Waals surface area contributed by atoms with Crippen LogP contribution in [0.15, 0.2) is 0 Å². The fraction of sp³-hybridized carbons (Fsp3) is 0.889. The smallest absolute Gasteiger partial charge is 0.220 e. The summed E-state index contributed by atoms with van der Waals surface area (Å²) in [7, 11) is 3.92. The molecule has 1 unspecified atom stereocenters. The van der Waals surface area contributed by atoms with Gasteiger partial charge in [0.15, 0.2) is 6.29 Å². The summed E-state index contributed by atoms with van der Waals surface area (Å²) in [5.41, 5.74) is 0. The van der Waals surface area contributed by atoms with Crippen LogP contribution < -0.4 is 16.0 Å². The molecule has 2 aliphatic rings. The van der Waals surface area contributed by atoms with Gasteiger partial charge in [0.1, 0.15) is 24.4 Å². The SMILES string of the molecule is O=C(CCCCC1CCSS1)NCCOCCOCCNC(=O)CCC(=O)NCCCO[C@@H]1O[C@H](CO)[C@H](O)[C@H](O)[C@H]1O. The zero-order chi connectivity index (χ0) is 31.3. The number of rotatable bonds is 23. The number of unbranched alkanes of at least 4 members (excludes halogenated alkanes) is 1. The van der Waals surface area contributed by atoms with Gasteiger partial charge in [-0.25, -0.2) is 0 Å². The van der Waals surface area contributed by atoms with Gasteiger partial charge in [0.05, 0.1) is 39.6 Å². The number of nitrogens with one attached hydrogen (secondary N) is 3. The summed E-state index contributed by atoms with van der Waals surface area (Å²) >= 11 is 0. The summed E-state index contributed by atoms with van der Waals surface area (Å²) in [4.78, 5) is 35.7. The molecule has 3 amide bonds. The van der Waals surface area contributed by atoms with Crippen molar-refractivity contribution >= 4 is 39.3 Å². The van der Waals surface area contributed by atoms with Crippen LogP contribution in [0.2, 0.25) is 0 Å². The summed E-state index contributed by atoms with van der Waals surface area (Å²) < 4.78 is 21.4. The van der Waals surface area contributed by atoms with Crippen molar-refractivity contribution < 1.29 is 53.8 Å². The van der Waals surface area contributed by atoms with Gasteiger partial charge < -0.3 is 55.3 Å². The molecule has 7 N–H and O–H groups in total. The predicted molar refractivity (Wildman–Crippen MR) is 161 cm³/mol. The van der Waals surface area contributed by atoms with Crippen LogP contribution >= 0.6 is 21.6 Å². The Balaban J connectivity index is 1.33. The summed E-state index contributed by atoms with van der Waals surface area (Å²) in [6.07, 6.45) is -1.25. The Morgan fingerprint density at radius 3 is 1.98 bits per heavy atom. The van der Waals surface area contributed by atoms with Gasteiger partial charge in [0.2, 0.25) is 17.7 Å². The molecule has 0 radical (unpaired) electrons. The zero-order valence-electron chi connectivity index (χ0n) is 24.7. The van der Waals surface area contributed by atoms with E-state index >= 15 is 0 Å². The van der Waals surface area contributed by atoms with Gasteiger partial charge in [-0.15, -0.1) is 0 Å². The third kappa shape index (κ3) is 16.6. The number of aliphatic hydroxyl groups is 4. The molecule has 43 heavy (non-hydrogen) atoms. The number of hydrogen-bond acceptors (Lipinski definition) is 13. The molecule has 2 saturated heterocycles. The first-order valence-electron chi connectivity index (χ1n) is 15.0. The summed E-state index contributed by atoms with van der Waals surface area (Å²) in [5.74, 6) is 0.726. The molecule has 0 aromatic carbocycles. The molecule has 0 saturated carbocycles. The van der Waals surface area contributed by atoms with Gasteiger partial charge in [-0.3, -0.25) is 14.4 Å². The molecule has 14 nitrogen and oxygen atoms in total. The molecule has 2 aliphatic heterocycles. The lowest BCUT2D eigenvalue weighted by Gasteiger charge is -2.39. The second kappa shape index (κ2) is 23.2. The maximum atomic E-state index is 11.9. The van der Waals surface area contributed by atoms with E-state index in [1.807, 2.05) is 21.6 Å². The third-order valence-electron chi connectivity index (χ3n) is 6.77. The van der Waals surface area contributed by atoms with Crippen molar-refractivity contribution in [2.45, 2.75) is 87.3 Å². The molecule has 2 rings (SSSR count). The second-order valence-corrected chi connectivity index (χ2v) is 13.1. The van der Waals surface area contributed by atoms with Crippen molar-refractivity contribution in [3.8, 4) is 0 Å². The number of ether oxygens (including phenoxy) is 4. The number of amides is 3. The Bertz CT molecular complexity index is 793. The van der Waals surface area contributed by atoms with Crippen molar-refractivity contribution in [3.05, 3.63) is 0 Å². The zero-order valence-corrected chi connectivity index (χ0v) is 26.3. The van der Waals surface area contributed by atoms with Crippen LogP contribution in [-0.2, 0) is 33.3 Å². The van der Waals surface area contributed by atoms with E-state index in [0.717, 1.165) is 18.1 Å². The van der Waals surface area contributed by atoms with Crippen LogP contribution in [0.4, 0.5) is 0 Å². The molecule has 250 valence electrons. The van der Waals surface area contributed by atoms with Crippen LogP contribution in [0.1, 0.15) is 51.4 Å². The second-order valence-electron chi connectivity index (χ2n) is 10.3. The predicted octanol–water partition coefficient (Wildman–Crippen LogP) is -0.931. The van der Waals surface area contributed by atoms with E-state index in [1.165, 1.54) is 18.6 Å². The fourth-order valence-corrected chi connectivity index (χ4v) is 7.29. The number of hydrogen-bond donors (Lipinski definition) is 7. The highest BCUT2D eigenvalue weighted by atomic mass is 33.1. The number of aliphatic hydroxyl groups excluding tert-OH is 4. The molecule has 6 atom stereocenters. The minimum atomic E-state index is -1.51. The Morgan fingerprint density at radius 1 is 0.744 bits per heavy atom. The van der Waals surface area contributed by atoms with Crippen LogP contribution in [-0.4, -0.2) is 139 Å². The summed E-state index contributed by atoms with van der Waals surface area (Å²) in [6.45, 7) is 2.05. The molecule has 0 aliphatic carbocycles. The van der Waals surface area contributed by atoms with Crippen molar-refractivity contribution in [1.29, 1.82) is 0 Å². The minimum absolute atomic E-state index is 0.0174. The number of carbonyl (C=O) groups excluding carboxylic acids is 3. The van der Waals surface area contributed by atoms with E-state index in [4.69, 9.17) is 18.9 Å². The van der Waals surface area contributed by atoms with Gasteiger partial charge in [-0.1, -0.05) is 28.0 Å². The van der Waals surface area contributed by atoms with Crippen LogP contribution in [0.3, 0.4) is 0 Å². The highest BCUT2D eigenvalue weighted by Crippen LogP contribution is 2.39. The molecule has 0 aromatic rings. The Labute approximate surface area is 261 Å². The summed E-state index contributed by atoms with van der Waals surface area (Å²) in [5, 5.41) is 47.6. The Morgan fingerprint density at radius 2 is 1.37 bits per heavy atom. The molecule has 0 aromatic heterocycles. The first-order chi connectivity index (χ1) is 20.8. The van der Waals surface area contributed by atoms with E-state index in [1.54, 1.807) is 0 Å². The largest absolute Gasteiger partial charge is 0.394 e. The van der Waals surface area contributed by atoms with E-state index in [0.29, 0.717) is 52.4 Å². The lowest BCUT2D eigenvalue weighted by atomic mass is 9.99. The first-order valence-corrected chi connectivity index (χ1v) is 17.4. The minimum Gasteiger partial charge on any atom is -0.394 e. The van der Waals surface area contributed by atoms with Crippen LogP contribution in [0.5, 0.6) is 0 Å². The Hall–Kier alpha value is -1.21. The fourth-order valence-electron chi connectivity index (χ4n) is 4.27. The molecule has 2 fully saturated rings. The van der Waals surface area contributed by atoms with Gasteiger partial charge in [0, 0.05) is 49.9 Å².